The Balaban J connectivity index is 0.894. The Morgan fingerprint density at radius 3 is 2.64 bits per heavy atom. The van der Waals surface area contributed by atoms with E-state index in [0.29, 0.717) is 5.41 Å². The summed E-state index contributed by atoms with van der Waals surface area (Å²) in [6.45, 7) is 13.9. The van der Waals surface area contributed by atoms with Gasteiger partial charge < -0.3 is 19.1 Å². The molecule has 0 atom stereocenters. The van der Waals surface area contributed by atoms with Gasteiger partial charge in [-0.05, 0) is 68.0 Å². The van der Waals surface area contributed by atoms with Gasteiger partial charge in [-0.25, -0.2) is 4.98 Å². The molecular formula is C29H36N6O. The number of anilines is 2. The van der Waals surface area contributed by atoms with Gasteiger partial charge in [-0.15, -0.1) is 0 Å². The Labute approximate surface area is 213 Å². The molecule has 3 fully saturated rings. The fraction of sp³-hybridized carbons (Fsp3) is 0.517. The van der Waals surface area contributed by atoms with Crippen LogP contribution in [0.1, 0.15) is 41.3 Å². The molecule has 0 unspecified atom stereocenters. The van der Waals surface area contributed by atoms with Crippen LogP contribution in [0.15, 0.2) is 42.9 Å². The average molecular weight is 485 g/mol. The number of aryl methyl sites for hydroxylation is 1. The summed E-state index contributed by atoms with van der Waals surface area (Å²) in [6.07, 6.45) is 8.88. The molecule has 1 aliphatic carbocycles. The number of carbonyl (C=O) groups excluding carboxylic acids is 1. The van der Waals surface area contributed by atoms with E-state index in [1.165, 1.54) is 55.0 Å². The highest BCUT2D eigenvalue weighted by atomic mass is 16.2. The first-order valence-electron chi connectivity index (χ1n) is 13.6. The van der Waals surface area contributed by atoms with Crippen LogP contribution in [0.3, 0.4) is 0 Å². The smallest absolute Gasteiger partial charge is 0.254 e. The number of hydrogen-bond acceptors (Lipinski definition) is 5. The number of benzene rings is 1. The quantitative estimate of drug-likeness (QED) is 0.553. The van der Waals surface area contributed by atoms with Crippen LogP contribution in [0.25, 0.3) is 5.65 Å². The van der Waals surface area contributed by atoms with Crippen molar-refractivity contribution < 1.29 is 4.79 Å². The zero-order valence-corrected chi connectivity index (χ0v) is 21.5. The van der Waals surface area contributed by atoms with Crippen LogP contribution in [0, 0.1) is 18.3 Å². The average Bonchev–Trinajstić information content (AvgIpc) is 3.42. The van der Waals surface area contributed by atoms with Crippen LogP contribution in [-0.2, 0) is 6.54 Å². The topological polar surface area (TPSA) is 47.3 Å². The lowest BCUT2D eigenvalue weighted by Crippen LogP contribution is -2.64. The highest BCUT2D eigenvalue weighted by molar-refractivity contribution is 5.98. The second kappa shape index (κ2) is 8.23. The molecular weight excluding hydrogens is 448 g/mol. The minimum absolute atomic E-state index is 0.191. The van der Waals surface area contributed by atoms with Gasteiger partial charge in [-0.3, -0.25) is 9.69 Å². The van der Waals surface area contributed by atoms with Gasteiger partial charge in [0.2, 0.25) is 0 Å². The number of imidazole rings is 1. The summed E-state index contributed by atoms with van der Waals surface area (Å²) in [5.41, 5.74) is 7.62. The molecule has 7 nitrogen and oxygen atoms in total. The molecule has 7 heteroatoms. The van der Waals surface area contributed by atoms with Gasteiger partial charge in [0.25, 0.3) is 5.91 Å². The van der Waals surface area contributed by atoms with E-state index in [1.54, 1.807) is 0 Å². The van der Waals surface area contributed by atoms with Gasteiger partial charge >= 0.3 is 0 Å². The molecule has 1 saturated carbocycles. The summed E-state index contributed by atoms with van der Waals surface area (Å²) in [5, 5.41) is 0. The highest BCUT2D eigenvalue weighted by Crippen LogP contribution is 2.53. The molecule has 0 N–H and O–H groups in total. The van der Waals surface area contributed by atoms with Crippen molar-refractivity contribution in [2.75, 3.05) is 62.2 Å². The molecule has 1 spiro atoms. The third-order valence-electron chi connectivity index (χ3n) is 9.15. The minimum atomic E-state index is 0.191. The number of fused-ring (bicyclic) bond motifs is 2. The van der Waals surface area contributed by atoms with Gasteiger partial charge in [0.15, 0.2) is 0 Å². The molecule has 188 valence electrons. The van der Waals surface area contributed by atoms with Gasteiger partial charge in [0.05, 0.1) is 5.69 Å². The Morgan fingerprint density at radius 2 is 1.86 bits per heavy atom. The highest BCUT2D eigenvalue weighted by Gasteiger charge is 2.52. The number of aromatic nitrogens is 2. The van der Waals surface area contributed by atoms with Crippen LogP contribution in [0.2, 0.25) is 0 Å². The molecule has 2 saturated heterocycles. The molecule has 0 bridgehead atoms. The SMILES string of the molecule is CCN1Cc2cc(N3CC4(CC(CN5CCN(c6cn7ccnc7cc6C)CC5)C4)C3)ccc2C1=O. The van der Waals surface area contributed by atoms with Crippen molar-refractivity contribution in [2.45, 2.75) is 33.2 Å². The van der Waals surface area contributed by atoms with E-state index >= 15 is 0 Å². The first-order chi connectivity index (χ1) is 17.5. The standard InChI is InChI=1S/C29H36N6O/c1-3-32-17-23-13-24(4-5-25(23)28(32)36)35-19-29(20-35)14-22(15-29)16-31-8-10-33(11-9-31)26-18-34-7-6-30-27(34)12-21(26)2/h4-7,12-13,18,22H,3,8-11,14-17,19-20H2,1-2H3. The van der Waals surface area contributed by atoms with Gasteiger partial charge in [-0.2, -0.15) is 0 Å². The lowest BCUT2D eigenvalue weighted by atomic mass is 9.57. The van der Waals surface area contributed by atoms with Crippen molar-refractivity contribution in [3.63, 3.8) is 0 Å². The first-order valence-corrected chi connectivity index (χ1v) is 13.6. The van der Waals surface area contributed by atoms with Crippen molar-refractivity contribution in [3.05, 3.63) is 59.5 Å². The maximum atomic E-state index is 12.4. The van der Waals surface area contributed by atoms with Gasteiger partial charge in [0.1, 0.15) is 5.65 Å². The molecule has 3 aromatic rings. The van der Waals surface area contributed by atoms with Gasteiger partial charge in [0, 0.05) is 94.2 Å². The normalized spacial score (nSPS) is 21.8. The van der Waals surface area contributed by atoms with Crippen LogP contribution in [-0.4, -0.2) is 77.4 Å². The molecule has 2 aromatic heterocycles. The number of hydrogen-bond donors (Lipinski definition) is 0. The van der Waals surface area contributed by atoms with E-state index in [4.69, 9.17) is 0 Å². The molecule has 7 rings (SSSR count). The van der Waals surface area contributed by atoms with E-state index in [1.807, 2.05) is 23.4 Å². The predicted molar refractivity (Wildman–Crippen MR) is 143 cm³/mol. The minimum Gasteiger partial charge on any atom is -0.370 e. The number of amides is 1. The Morgan fingerprint density at radius 1 is 1.06 bits per heavy atom. The number of pyridine rings is 1. The summed E-state index contributed by atoms with van der Waals surface area (Å²) in [4.78, 5) is 26.5. The summed E-state index contributed by atoms with van der Waals surface area (Å²) < 4.78 is 2.13. The molecule has 1 aromatic carbocycles. The zero-order valence-electron chi connectivity index (χ0n) is 21.5. The van der Waals surface area contributed by atoms with E-state index in [-0.39, 0.29) is 5.91 Å². The molecule has 36 heavy (non-hydrogen) atoms. The second-order valence-corrected chi connectivity index (χ2v) is 11.6. The fourth-order valence-electron chi connectivity index (χ4n) is 7.23. The monoisotopic (exact) mass is 484 g/mol. The second-order valence-electron chi connectivity index (χ2n) is 11.6. The lowest BCUT2D eigenvalue weighted by Gasteiger charge is -2.60. The van der Waals surface area contributed by atoms with Crippen molar-refractivity contribution in [1.82, 2.24) is 19.2 Å². The predicted octanol–water partition coefficient (Wildman–Crippen LogP) is 3.66. The van der Waals surface area contributed by atoms with E-state index < -0.39 is 0 Å². The third-order valence-corrected chi connectivity index (χ3v) is 9.15. The van der Waals surface area contributed by atoms with E-state index in [2.05, 4.69) is 62.3 Å². The van der Waals surface area contributed by atoms with E-state index in [0.717, 1.165) is 56.4 Å². The summed E-state index contributed by atoms with van der Waals surface area (Å²) in [5.74, 6) is 1.04. The summed E-state index contributed by atoms with van der Waals surface area (Å²) >= 11 is 0. The summed E-state index contributed by atoms with van der Waals surface area (Å²) in [7, 11) is 0. The Hall–Kier alpha value is -3.06. The van der Waals surface area contributed by atoms with Crippen LogP contribution >= 0.6 is 0 Å². The maximum absolute atomic E-state index is 12.4. The largest absolute Gasteiger partial charge is 0.370 e. The lowest BCUT2D eigenvalue weighted by molar-refractivity contribution is 0.00320. The van der Waals surface area contributed by atoms with Crippen LogP contribution in [0.5, 0.6) is 0 Å². The molecule has 1 amide bonds. The summed E-state index contributed by atoms with van der Waals surface area (Å²) in [6, 6.07) is 8.66. The third kappa shape index (κ3) is 3.59. The fourth-order valence-corrected chi connectivity index (χ4v) is 7.23. The number of piperazine rings is 1. The van der Waals surface area contributed by atoms with Crippen molar-refractivity contribution in [2.24, 2.45) is 11.3 Å². The van der Waals surface area contributed by atoms with Gasteiger partial charge in [-0.1, -0.05) is 0 Å². The molecule has 5 heterocycles. The number of rotatable bonds is 5. The Bertz CT molecular complexity index is 1310. The van der Waals surface area contributed by atoms with Crippen molar-refractivity contribution in [1.29, 1.82) is 0 Å². The van der Waals surface area contributed by atoms with Crippen LogP contribution < -0.4 is 9.80 Å². The van der Waals surface area contributed by atoms with E-state index in [9.17, 15) is 4.79 Å². The van der Waals surface area contributed by atoms with Crippen LogP contribution in [0.4, 0.5) is 11.4 Å². The molecule has 3 aliphatic heterocycles. The molecule has 0 radical (unpaired) electrons. The zero-order chi connectivity index (χ0) is 24.4. The maximum Gasteiger partial charge on any atom is 0.254 e. The first kappa shape index (κ1) is 22.2. The number of carbonyl (C=O) groups is 1. The van der Waals surface area contributed by atoms with Crippen molar-refractivity contribution >= 4 is 22.9 Å². The van der Waals surface area contributed by atoms with Crippen molar-refractivity contribution in [3.8, 4) is 0 Å². The Kier molecular flexibility index (Phi) is 5.07. The molecule has 4 aliphatic rings. The number of nitrogens with zero attached hydrogens (tertiary/aromatic N) is 6.